The van der Waals surface area contributed by atoms with E-state index in [0.717, 1.165) is 19.0 Å². The van der Waals surface area contributed by atoms with E-state index in [1.54, 1.807) is 12.1 Å². The van der Waals surface area contributed by atoms with E-state index in [9.17, 15) is 4.39 Å². The van der Waals surface area contributed by atoms with E-state index in [1.807, 2.05) is 12.1 Å². The zero-order valence-corrected chi connectivity index (χ0v) is 11.3. The first kappa shape index (κ1) is 13.5. The first-order valence-electron chi connectivity index (χ1n) is 7.27. The number of halogens is 1. The van der Waals surface area contributed by atoms with Gasteiger partial charge in [-0.15, -0.1) is 0 Å². The fourth-order valence-corrected chi connectivity index (χ4v) is 3.06. The van der Waals surface area contributed by atoms with Crippen LogP contribution in [0.1, 0.15) is 50.5 Å². The average Bonchev–Trinajstić information content (AvgIpc) is 2.90. The summed E-state index contributed by atoms with van der Waals surface area (Å²) in [4.78, 5) is 0. The van der Waals surface area contributed by atoms with Crippen molar-refractivity contribution in [1.29, 1.82) is 0 Å². The maximum absolute atomic E-state index is 13.0. The predicted octanol–water partition coefficient (Wildman–Crippen LogP) is 4.10. The number of benzene rings is 1. The first-order chi connectivity index (χ1) is 8.81. The lowest BCUT2D eigenvalue weighted by Gasteiger charge is -2.24. The smallest absolute Gasteiger partial charge is 0.123 e. The van der Waals surface area contributed by atoms with Crippen molar-refractivity contribution >= 4 is 0 Å². The zero-order valence-electron chi connectivity index (χ0n) is 11.3. The Labute approximate surface area is 110 Å². The third kappa shape index (κ3) is 3.55. The van der Waals surface area contributed by atoms with E-state index in [2.05, 4.69) is 12.2 Å². The fraction of sp³-hybridized carbons (Fsp3) is 0.625. The molecule has 0 bridgehead atoms. The molecule has 0 amide bonds. The van der Waals surface area contributed by atoms with Gasteiger partial charge in [-0.1, -0.05) is 31.9 Å². The second kappa shape index (κ2) is 6.89. The SMILES string of the molecule is CCCNCC(c1ccc(F)cc1)C1CCCC1. The van der Waals surface area contributed by atoms with Crippen LogP contribution in [0.2, 0.25) is 0 Å². The van der Waals surface area contributed by atoms with Crippen LogP contribution in [-0.2, 0) is 0 Å². The second-order valence-electron chi connectivity index (χ2n) is 5.41. The number of hydrogen-bond acceptors (Lipinski definition) is 1. The summed E-state index contributed by atoms with van der Waals surface area (Å²) in [7, 11) is 0. The summed E-state index contributed by atoms with van der Waals surface area (Å²) in [6.07, 6.45) is 6.54. The van der Waals surface area contributed by atoms with E-state index in [1.165, 1.54) is 37.7 Å². The maximum Gasteiger partial charge on any atom is 0.123 e. The van der Waals surface area contributed by atoms with Crippen molar-refractivity contribution in [2.45, 2.75) is 44.9 Å². The standard InChI is InChI=1S/C16H24FN/c1-2-11-18-12-16(13-5-3-4-6-13)14-7-9-15(17)10-8-14/h7-10,13,16,18H,2-6,11-12H2,1H3. The van der Waals surface area contributed by atoms with E-state index >= 15 is 0 Å². The van der Waals surface area contributed by atoms with Crippen LogP contribution in [0.4, 0.5) is 4.39 Å². The summed E-state index contributed by atoms with van der Waals surface area (Å²) < 4.78 is 13.0. The van der Waals surface area contributed by atoms with Crippen molar-refractivity contribution in [2.24, 2.45) is 5.92 Å². The molecule has 0 saturated heterocycles. The van der Waals surface area contributed by atoms with E-state index in [4.69, 9.17) is 0 Å². The minimum absolute atomic E-state index is 0.134. The molecule has 1 fully saturated rings. The Morgan fingerprint density at radius 3 is 2.50 bits per heavy atom. The summed E-state index contributed by atoms with van der Waals surface area (Å²) in [5, 5.41) is 3.53. The second-order valence-corrected chi connectivity index (χ2v) is 5.41. The van der Waals surface area contributed by atoms with Gasteiger partial charge in [-0.2, -0.15) is 0 Å². The molecule has 0 heterocycles. The molecular weight excluding hydrogens is 225 g/mol. The lowest BCUT2D eigenvalue weighted by molar-refractivity contribution is 0.411. The van der Waals surface area contributed by atoms with Gasteiger partial charge in [-0.3, -0.25) is 0 Å². The van der Waals surface area contributed by atoms with Gasteiger partial charge in [0.25, 0.3) is 0 Å². The molecule has 1 aliphatic carbocycles. The Bertz CT molecular complexity index is 341. The third-order valence-corrected chi connectivity index (χ3v) is 4.06. The van der Waals surface area contributed by atoms with Gasteiger partial charge >= 0.3 is 0 Å². The number of hydrogen-bond donors (Lipinski definition) is 1. The van der Waals surface area contributed by atoms with Crippen LogP contribution in [0, 0.1) is 11.7 Å². The van der Waals surface area contributed by atoms with Crippen LogP contribution in [-0.4, -0.2) is 13.1 Å². The lowest BCUT2D eigenvalue weighted by Crippen LogP contribution is -2.26. The highest BCUT2D eigenvalue weighted by Gasteiger charge is 2.25. The molecule has 18 heavy (non-hydrogen) atoms. The molecule has 1 N–H and O–H groups in total. The minimum Gasteiger partial charge on any atom is -0.316 e. The van der Waals surface area contributed by atoms with E-state index in [0.29, 0.717) is 5.92 Å². The molecule has 100 valence electrons. The number of rotatable bonds is 6. The Kier molecular flexibility index (Phi) is 5.18. The van der Waals surface area contributed by atoms with Crippen molar-refractivity contribution in [3.63, 3.8) is 0 Å². The predicted molar refractivity (Wildman–Crippen MR) is 74.3 cm³/mol. The van der Waals surface area contributed by atoms with Gasteiger partial charge in [-0.05, 0) is 55.3 Å². The van der Waals surface area contributed by atoms with Gasteiger partial charge in [0.1, 0.15) is 5.82 Å². The molecule has 0 spiro atoms. The van der Waals surface area contributed by atoms with Gasteiger partial charge < -0.3 is 5.32 Å². The summed E-state index contributed by atoms with van der Waals surface area (Å²) in [5.41, 5.74) is 1.30. The summed E-state index contributed by atoms with van der Waals surface area (Å²) in [5.74, 6) is 1.20. The molecule has 2 heteroatoms. The molecule has 0 radical (unpaired) electrons. The average molecular weight is 249 g/mol. The largest absolute Gasteiger partial charge is 0.316 e. The van der Waals surface area contributed by atoms with Gasteiger partial charge in [-0.25, -0.2) is 4.39 Å². The summed E-state index contributed by atoms with van der Waals surface area (Å²) in [6, 6.07) is 7.12. The molecule has 1 nitrogen and oxygen atoms in total. The van der Waals surface area contributed by atoms with Crippen molar-refractivity contribution in [3.05, 3.63) is 35.6 Å². The molecule has 1 saturated carbocycles. The van der Waals surface area contributed by atoms with Crippen molar-refractivity contribution < 1.29 is 4.39 Å². The van der Waals surface area contributed by atoms with Gasteiger partial charge in [0.05, 0.1) is 0 Å². The van der Waals surface area contributed by atoms with Crippen molar-refractivity contribution in [1.82, 2.24) is 5.32 Å². The van der Waals surface area contributed by atoms with Gasteiger partial charge in [0, 0.05) is 6.54 Å². The fourth-order valence-electron chi connectivity index (χ4n) is 3.06. The number of nitrogens with one attached hydrogen (secondary N) is 1. The Morgan fingerprint density at radius 2 is 1.89 bits per heavy atom. The highest BCUT2D eigenvalue weighted by Crippen LogP contribution is 2.36. The molecule has 0 aromatic heterocycles. The van der Waals surface area contributed by atoms with Gasteiger partial charge in [0.15, 0.2) is 0 Å². The van der Waals surface area contributed by atoms with Gasteiger partial charge in [0.2, 0.25) is 0 Å². The topological polar surface area (TPSA) is 12.0 Å². The molecule has 2 rings (SSSR count). The highest BCUT2D eigenvalue weighted by atomic mass is 19.1. The van der Waals surface area contributed by atoms with Crippen LogP contribution >= 0.6 is 0 Å². The van der Waals surface area contributed by atoms with Crippen molar-refractivity contribution in [3.8, 4) is 0 Å². The third-order valence-electron chi connectivity index (χ3n) is 4.06. The zero-order chi connectivity index (χ0) is 12.8. The monoisotopic (exact) mass is 249 g/mol. The normalized spacial score (nSPS) is 18.1. The Hall–Kier alpha value is -0.890. The van der Waals surface area contributed by atoms with Crippen LogP contribution in [0.3, 0.4) is 0 Å². The first-order valence-corrected chi connectivity index (χ1v) is 7.27. The minimum atomic E-state index is -0.134. The van der Waals surface area contributed by atoms with Crippen LogP contribution in [0.5, 0.6) is 0 Å². The molecule has 1 aromatic rings. The Morgan fingerprint density at radius 1 is 1.22 bits per heavy atom. The molecule has 1 unspecified atom stereocenters. The molecule has 1 atom stereocenters. The maximum atomic E-state index is 13.0. The molecular formula is C16H24FN. The summed E-state index contributed by atoms with van der Waals surface area (Å²) >= 11 is 0. The van der Waals surface area contributed by atoms with Crippen molar-refractivity contribution in [2.75, 3.05) is 13.1 Å². The Balaban J connectivity index is 2.05. The van der Waals surface area contributed by atoms with Crippen LogP contribution in [0.25, 0.3) is 0 Å². The van der Waals surface area contributed by atoms with Crippen LogP contribution < -0.4 is 5.32 Å². The molecule has 1 aromatic carbocycles. The molecule has 1 aliphatic rings. The highest BCUT2D eigenvalue weighted by molar-refractivity contribution is 5.22. The quantitative estimate of drug-likeness (QED) is 0.748. The van der Waals surface area contributed by atoms with E-state index < -0.39 is 0 Å². The summed E-state index contributed by atoms with van der Waals surface area (Å²) in [6.45, 7) is 4.30. The molecule has 0 aliphatic heterocycles. The van der Waals surface area contributed by atoms with Crippen LogP contribution in [0.15, 0.2) is 24.3 Å². The van der Waals surface area contributed by atoms with E-state index in [-0.39, 0.29) is 5.82 Å². The lowest BCUT2D eigenvalue weighted by atomic mass is 9.85.